The summed E-state index contributed by atoms with van der Waals surface area (Å²) in [5, 5.41) is 0. The molecule has 4 heteroatoms. The zero-order chi connectivity index (χ0) is 11.5. The lowest BCUT2D eigenvalue weighted by molar-refractivity contribution is 0.0698. The molecule has 1 heterocycles. The van der Waals surface area contributed by atoms with E-state index in [1.807, 2.05) is 17.9 Å². The lowest BCUT2D eigenvalue weighted by Gasteiger charge is -2.27. The molecule has 1 fully saturated rings. The van der Waals surface area contributed by atoms with Gasteiger partial charge in [-0.25, -0.2) is 0 Å². The van der Waals surface area contributed by atoms with Crippen LogP contribution >= 0.6 is 22.9 Å². The fourth-order valence-corrected chi connectivity index (χ4v) is 3.35. The third kappa shape index (κ3) is 2.41. The van der Waals surface area contributed by atoms with Gasteiger partial charge in [0.15, 0.2) is 0 Å². The minimum absolute atomic E-state index is 0.145. The van der Waals surface area contributed by atoms with Crippen LogP contribution in [0.4, 0.5) is 0 Å². The Kier molecular flexibility index (Phi) is 3.87. The lowest BCUT2D eigenvalue weighted by atomic mass is 10.2. The molecule has 0 unspecified atom stereocenters. The lowest BCUT2D eigenvalue weighted by Crippen LogP contribution is -2.38. The summed E-state index contributed by atoms with van der Waals surface area (Å²) in [5.41, 5.74) is 0. The number of carbonyl (C=O) groups is 1. The zero-order valence-electron chi connectivity index (χ0n) is 9.41. The molecular weight excluding hydrogens is 242 g/mol. The Bertz CT molecular complexity index is 371. The maximum absolute atomic E-state index is 12.3. The van der Waals surface area contributed by atoms with Gasteiger partial charge in [0.05, 0.1) is 9.21 Å². The van der Waals surface area contributed by atoms with E-state index in [1.54, 1.807) is 6.07 Å². The minimum atomic E-state index is 0.145. The predicted molar refractivity (Wildman–Crippen MR) is 68.3 cm³/mol. The summed E-state index contributed by atoms with van der Waals surface area (Å²) in [7, 11) is 0. The van der Waals surface area contributed by atoms with Crippen molar-refractivity contribution in [1.82, 2.24) is 4.90 Å². The summed E-state index contributed by atoms with van der Waals surface area (Å²) in [4.78, 5) is 15.0. The molecule has 0 radical (unpaired) electrons. The molecule has 16 heavy (non-hydrogen) atoms. The third-order valence-electron chi connectivity index (χ3n) is 3.15. The van der Waals surface area contributed by atoms with E-state index in [0.717, 1.165) is 24.3 Å². The van der Waals surface area contributed by atoms with Crippen molar-refractivity contribution in [3.8, 4) is 0 Å². The van der Waals surface area contributed by atoms with Crippen LogP contribution in [0.5, 0.6) is 0 Å². The van der Waals surface area contributed by atoms with Gasteiger partial charge in [-0.2, -0.15) is 0 Å². The second-order valence-corrected chi connectivity index (χ2v) is 5.85. The monoisotopic (exact) mass is 257 g/mol. The molecule has 1 aliphatic carbocycles. The summed E-state index contributed by atoms with van der Waals surface area (Å²) in [5.74, 6) is 0.145. The normalized spacial score (nSPS) is 16.6. The van der Waals surface area contributed by atoms with E-state index in [2.05, 4.69) is 0 Å². The number of hydrogen-bond donors (Lipinski definition) is 0. The van der Waals surface area contributed by atoms with Crippen LogP contribution in [0.25, 0.3) is 0 Å². The number of halogens is 1. The standard InChI is InChI=1S/C12H16ClNOS/c1-2-14(9-5-3-4-6-9)12(15)10-7-8-11(13)16-10/h7-9H,2-6H2,1H3. The number of hydrogen-bond acceptors (Lipinski definition) is 2. The maximum Gasteiger partial charge on any atom is 0.264 e. The van der Waals surface area contributed by atoms with E-state index in [9.17, 15) is 4.79 Å². The van der Waals surface area contributed by atoms with Crippen LogP contribution in [-0.2, 0) is 0 Å². The highest BCUT2D eigenvalue weighted by molar-refractivity contribution is 7.17. The van der Waals surface area contributed by atoms with Gasteiger partial charge in [0, 0.05) is 12.6 Å². The van der Waals surface area contributed by atoms with Crippen LogP contribution in [0.1, 0.15) is 42.3 Å². The van der Waals surface area contributed by atoms with Gasteiger partial charge in [-0.05, 0) is 31.9 Å². The van der Waals surface area contributed by atoms with Gasteiger partial charge >= 0.3 is 0 Å². The number of rotatable bonds is 3. The van der Waals surface area contributed by atoms with Gasteiger partial charge in [-0.15, -0.1) is 11.3 Å². The number of nitrogens with zero attached hydrogens (tertiary/aromatic N) is 1. The molecule has 0 saturated heterocycles. The van der Waals surface area contributed by atoms with Gasteiger partial charge in [0.25, 0.3) is 5.91 Å². The molecule has 88 valence electrons. The molecule has 2 nitrogen and oxygen atoms in total. The average Bonchev–Trinajstić information content (AvgIpc) is 2.90. The van der Waals surface area contributed by atoms with E-state index >= 15 is 0 Å². The summed E-state index contributed by atoms with van der Waals surface area (Å²) in [6, 6.07) is 4.06. The van der Waals surface area contributed by atoms with E-state index in [-0.39, 0.29) is 5.91 Å². The first-order chi connectivity index (χ1) is 7.72. The third-order valence-corrected chi connectivity index (χ3v) is 4.37. The SMILES string of the molecule is CCN(C(=O)c1ccc(Cl)s1)C1CCCC1. The van der Waals surface area contributed by atoms with Gasteiger partial charge in [-0.3, -0.25) is 4.79 Å². The summed E-state index contributed by atoms with van der Waals surface area (Å²) >= 11 is 7.23. The van der Waals surface area contributed by atoms with Crippen LogP contribution in [0.3, 0.4) is 0 Å². The van der Waals surface area contributed by atoms with Crippen LogP contribution in [-0.4, -0.2) is 23.4 Å². The molecule has 0 N–H and O–H groups in total. The fourth-order valence-electron chi connectivity index (χ4n) is 2.35. The number of carbonyl (C=O) groups excluding carboxylic acids is 1. The van der Waals surface area contributed by atoms with E-state index in [1.165, 1.54) is 24.2 Å². The van der Waals surface area contributed by atoms with Gasteiger partial charge in [0.1, 0.15) is 0 Å². The largest absolute Gasteiger partial charge is 0.335 e. The molecule has 1 saturated carbocycles. The highest BCUT2D eigenvalue weighted by Crippen LogP contribution is 2.27. The Hall–Kier alpha value is -0.540. The van der Waals surface area contributed by atoms with Crippen molar-refractivity contribution in [1.29, 1.82) is 0 Å². The van der Waals surface area contributed by atoms with Gasteiger partial charge < -0.3 is 4.90 Å². The number of thiophene rings is 1. The Labute approximate surface area is 105 Å². The molecule has 1 amide bonds. The van der Waals surface area contributed by atoms with Crippen LogP contribution < -0.4 is 0 Å². The smallest absolute Gasteiger partial charge is 0.264 e. The Balaban J connectivity index is 2.11. The molecule has 1 aromatic rings. The Morgan fingerprint density at radius 1 is 1.50 bits per heavy atom. The van der Waals surface area contributed by atoms with Gasteiger partial charge in [0.2, 0.25) is 0 Å². The van der Waals surface area contributed by atoms with E-state index in [4.69, 9.17) is 11.6 Å². The molecule has 0 aromatic carbocycles. The first kappa shape index (κ1) is 11.9. The molecule has 0 atom stereocenters. The van der Waals surface area contributed by atoms with Gasteiger partial charge in [-0.1, -0.05) is 24.4 Å². The van der Waals surface area contributed by atoms with Crippen molar-refractivity contribution >= 4 is 28.8 Å². The van der Waals surface area contributed by atoms with E-state index < -0.39 is 0 Å². The van der Waals surface area contributed by atoms with Crippen molar-refractivity contribution in [2.45, 2.75) is 38.6 Å². The summed E-state index contributed by atoms with van der Waals surface area (Å²) in [6.07, 6.45) is 4.80. The number of amides is 1. The fraction of sp³-hybridized carbons (Fsp3) is 0.583. The summed E-state index contributed by atoms with van der Waals surface area (Å²) < 4.78 is 0.686. The van der Waals surface area contributed by atoms with Crippen molar-refractivity contribution < 1.29 is 4.79 Å². The van der Waals surface area contributed by atoms with Crippen LogP contribution in [0, 0.1) is 0 Å². The molecule has 1 aromatic heterocycles. The highest BCUT2D eigenvalue weighted by atomic mass is 35.5. The van der Waals surface area contributed by atoms with E-state index in [0.29, 0.717) is 10.4 Å². The molecule has 0 bridgehead atoms. The van der Waals surface area contributed by atoms with Crippen molar-refractivity contribution in [2.75, 3.05) is 6.54 Å². The van der Waals surface area contributed by atoms with Crippen molar-refractivity contribution in [3.63, 3.8) is 0 Å². The second kappa shape index (κ2) is 5.19. The maximum atomic E-state index is 12.3. The zero-order valence-corrected chi connectivity index (χ0v) is 11.0. The highest BCUT2D eigenvalue weighted by Gasteiger charge is 2.26. The summed E-state index contributed by atoms with van der Waals surface area (Å²) in [6.45, 7) is 2.84. The predicted octanol–water partition coefficient (Wildman–Crippen LogP) is 3.81. The second-order valence-electron chi connectivity index (χ2n) is 4.13. The minimum Gasteiger partial charge on any atom is -0.335 e. The van der Waals surface area contributed by atoms with Crippen LogP contribution in [0.15, 0.2) is 12.1 Å². The van der Waals surface area contributed by atoms with Crippen molar-refractivity contribution in [3.05, 3.63) is 21.3 Å². The molecule has 2 rings (SSSR count). The average molecular weight is 258 g/mol. The quantitative estimate of drug-likeness (QED) is 0.807. The Morgan fingerprint density at radius 3 is 2.69 bits per heavy atom. The molecular formula is C12H16ClNOS. The topological polar surface area (TPSA) is 20.3 Å². The Morgan fingerprint density at radius 2 is 2.19 bits per heavy atom. The van der Waals surface area contributed by atoms with Crippen LogP contribution in [0.2, 0.25) is 4.34 Å². The first-order valence-electron chi connectivity index (χ1n) is 5.78. The molecule has 1 aliphatic rings. The van der Waals surface area contributed by atoms with Crippen molar-refractivity contribution in [2.24, 2.45) is 0 Å². The molecule has 0 spiro atoms. The first-order valence-corrected chi connectivity index (χ1v) is 6.98. The molecule has 0 aliphatic heterocycles.